The summed E-state index contributed by atoms with van der Waals surface area (Å²) in [5.41, 5.74) is 0.501. The molecule has 21 heavy (non-hydrogen) atoms. The van der Waals surface area contributed by atoms with E-state index in [9.17, 15) is 19.8 Å². The molecule has 2 aromatic rings. The average Bonchev–Trinajstić information content (AvgIpc) is 3.09. The number of nitrogens with one attached hydrogen (secondary N) is 1. The zero-order chi connectivity index (χ0) is 15.0. The molecule has 1 aromatic carbocycles. The van der Waals surface area contributed by atoms with Crippen LogP contribution in [0.25, 0.3) is 0 Å². The van der Waals surface area contributed by atoms with Crippen LogP contribution in [-0.4, -0.2) is 21.9 Å². The molecule has 1 atom stereocenters. The van der Waals surface area contributed by atoms with Crippen LogP contribution in [-0.2, 0) is 4.79 Å². The van der Waals surface area contributed by atoms with Crippen molar-refractivity contribution >= 4 is 11.7 Å². The number of carbonyl (C=O) groups excluding carboxylic acids is 2. The minimum absolute atomic E-state index is 0.0387. The summed E-state index contributed by atoms with van der Waals surface area (Å²) in [5.74, 6) is -1.79. The molecule has 1 aromatic heterocycles. The number of furan rings is 1. The van der Waals surface area contributed by atoms with Crippen molar-refractivity contribution in [2.75, 3.05) is 0 Å². The lowest BCUT2D eigenvalue weighted by Gasteiger charge is -2.13. The van der Waals surface area contributed by atoms with Crippen LogP contribution in [0.1, 0.15) is 22.2 Å². The van der Waals surface area contributed by atoms with Gasteiger partial charge in [-0.15, -0.1) is 0 Å². The zero-order valence-electron chi connectivity index (χ0n) is 10.7. The highest BCUT2D eigenvalue weighted by atomic mass is 16.3. The van der Waals surface area contributed by atoms with Crippen molar-refractivity contribution < 1.29 is 24.2 Å². The van der Waals surface area contributed by atoms with E-state index in [0.717, 1.165) is 0 Å². The van der Waals surface area contributed by atoms with Gasteiger partial charge in [-0.25, -0.2) is 0 Å². The van der Waals surface area contributed by atoms with Crippen molar-refractivity contribution in [3.8, 4) is 5.75 Å². The Morgan fingerprint density at radius 2 is 1.86 bits per heavy atom. The molecule has 0 saturated carbocycles. The topological polar surface area (TPSA) is 99.8 Å². The van der Waals surface area contributed by atoms with Crippen LogP contribution in [0, 0.1) is 0 Å². The van der Waals surface area contributed by atoms with Gasteiger partial charge in [0.25, 0.3) is 5.91 Å². The molecule has 0 aliphatic carbocycles. The molecule has 3 rings (SSSR count). The lowest BCUT2D eigenvalue weighted by Crippen LogP contribution is -2.23. The molecule has 106 valence electrons. The van der Waals surface area contributed by atoms with Crippen LogP contribution in [0.15, 0.2) is 58.4 Å². The van der Waals surface area contributed by atoms with Crippen LogP contribution in [0.5, 0.6) is 5.75 Å². The fourth-order valence-electron chi connectivity index (χ4n) is 2.23. The Kier molecular flexibility index (Phi) is 2.98. The van der Waals surface area contributed by atoms with Crippen molar-refractivity contribution in [3.63, 3.8) is 0 Å². The van der Waals surface area contributed by atoms with E-state index in [1.54, 1.807) is 18.2 Å². The third kappa shape index (κ3) is 2.16. The van der Waals surface area contributed by atoms with E-state index in [4.69, 9.17) is 4.42 Å². The lowest BCUT2D eigenvalue weighted by atomic mass is 9.96. The Bertz CT molecular complexity index is 728. The van der Waals surface area contributed by atoms with Gasteiger partial charge in [-0.3, -0.25) is 9.59 Å². The molecule has 1 amide bonds. The quantitative estimate of drug-likeness (QED) is 0.747. The summed E-state index contributed by atoms with van der Waals surface area (Å²) in [5, 5.41) is 21.7. The molecule has 6 nitrogen and oxygen atoms in total. The first-order valence-electron chi connectivity index (χ1n) is 6.19. The van der Waals surface area contributed by atoms with Gasteiger partial charge in [0, 0.05) is 0 Å². The number of phenols is 1. The Morgan fingerprint density at radius 3 is 2.48 bits per heavy atom. The predicted octanol–water partition coefficient (Wildman–Crippen LogP) is 1.85. The van der Waals surface area contributed by atoms with Gasteiger partial charge >= 0.3 is 0 Å². The molecule has 0 radical (unpaired) electrons. The van der Waals surface area contributed by atoms with E-state index in [1.165, 1.54) is 24.5 Å². The second-order valence-corrected chi connectivity index (χ2v) is 4.57. The Hall–Kier alpha value is -3.02. The fourth-order valence-corrected chi connectivity index (χ4v) is 2.23. The fraction of sp³-hybridized carbons (Fsp3) is 0.0667. The number of ketones is 1. The number of phenolic OH excluding ortho intramolecular Hbond substituents is 1. The highest BCUT2D eigenvalue weighted by Crippen LogP contribution is 2.32. The summed E-state index contributed by atoms with van der Waals surface area (Å²) in [6.45, 7) is 0. The number of rotatable bonds is 3. The van der Waals surface area contributed by atoms with Gasteiger partial charge in [-0.05, 0) is 29.8 Å². The normalized spacial score (nSPS) is 17.9. The summed E-state index contributed by atoms with van der Waals surface area (Å²) in [6, 6.07) is 8.22. The molecule has 0 spiro atoms. The summed E-state index contributed by atoms with van der Waals surface area (Å²) < 4.78 is 5.02. The Morgan fingerprint density at radius 1 is 1.14 bits per heavy atom. The van der Waals surface area contributed by atoms with Crippen molar-refractivity contribution in [3.05, 3.63) is 65.3 Å². The molecular formula is C15H11NO5. The molecule has 1 aliphatic rings. The summed E-state index contributed by atoms with van der Waals surface area (Å²) >= 11 is 0. The largest absolute Gasteiger partial charge is 0.508 e. The maximum atomic E-state index is 12.4. The molecule has 1 aliphatic heterocycles. The van der Waals surface area contributed by atoms with Crippen LogP contribution in [0.4, 0.5) is 0 Å². The molecule has 0 unspecified atom stereocenters. The van der Waals surface area contributed by atoms with E-state index in [-0.39, 0.29) is 17.1 Å². The van der Waals surface area contributed by atoms with Crippen molar-refractivity contribution in [2.24, 2.45) is 0 Å². The third-order valence-corrected chi connectivity index (χ3v) is 3.25. The minimum Gasteiger partial charge on any atom is -0.508 e. The molecule has 2 heterocycles. The van der Waals surface area contributed by atoms with Crippen molar-refractivity contribution in [1.82, 2.24) is 5.32 Å². The van der Waals surface area contributed by atoms with Crippen LogP contribution < -0.4 is 5.32 Å². The number of amides is 1. The van der Waals surface area contributed by atoms with Crippen LogP contribution in [0.2, 0.25) is 0 Å². The smallest absolute Gasteiger partial charge is 0.287 e. The highest BCUT2D eigenvalue weighted by molar-refractivity contribution is 6.14. The van der Waals surface area contributed by atoms with Gasteiger partial charge in [0.15, 0.2) is 11.5 Å². The highest BCUT2D eigenvalue weighted by Gasteiger charge is 2.38. The first-order chi connectivity index (χ1) is 10.1. The number of hydrogen-bond donors (Lipinski definition) is 3. The second-order valence-electron chi connectivity index (χ2n) is 4.57. The monoisotopic (exact) mass is 285 g/mol. The number of aromatic hydroxyl groups is 1. The van der Waals surface area contributed by atoms with Crippen molar-refractivity contribution in [2.45, 2.75) is 6.04 Å². The standard InChI is InChI=1S/C15H11NO5/c17-9-5-3-8(4-6-9)12-11(14(19)15(20)16-12)13(18)10-2-1-7-21-10/h1-7,12,17,19H,(H,16,20)/t12-/m1/s1. The van der Waals surface area contributed by atoms with E-state index < -0.39 is 23.5 Å². The van der Waals surface area contributed by atoms with Gasteiger partial charge in [0.2, 0.25) is 5.78 Å². The molecule has 0 bridgehead atoms. The van der Waals surface area contributed by atoms with Crippen LogP contribution >= 0.6 is 0 Å². The van der Waals surface area contributed by atoms with Gasteiger partial charge in [-0.1, -0.05) is 12.1 Å². The van der Waals surface area contributed by atoms with Crippen molar-refractivity contribution in [1.29, 1.82) is 0 Å². The predicted molar refractivity (Wildman–Crippen MR) is 71.7 cm³/mol. The zero-order valence-corrected chi connectivity index (χ0v) is 10.7. The number of carbonyl (C=O) groups is 2. The van der Waals surface area contributed by atoms with Gasteiger partial charge < -0.3 is 19.9 Å². The Balaban J connectivity index is 2.03. The summed E-state index contributed by atoms with van der Waals surface area (Å²) in [6.07, 6.45) is 1.34. The van der Waals surface area contributed by atoms with Gasteiger partial charge in [0.05, 0.1) is 17.9 Å². The number of aliphatic hydroxyl groups excluding tert-OH is 1. The van der Waals surface area contributed by atoms with E-state index >= 15 is 0 Å². The summed E-state index contributed by atoms with van der Waals surface area (Å²) in [4.78, 5) is 24.0. The third-order valence-electron chi connectivity index (χ3n) is 3.25. The first-order valence-corrected chi connectivity index (χ1v) is 6.19. The average molecular weight is 285 g/mol. The number of Topliss-reactive ketones (excluding diaryl/α,β-unsaturated/α-hetero) is 1. The Labute approximate surface area is 119 Å². The molecule has 3 N–H and O–H groups in total. The van der Waals surface area contributed by atoms with Gasteiger partial charge in [-0.2, -0.15) is 0 Å². The summed E-state index contributed by atoms with van der Waals surface area (Å²) in [7, 11) is 0. The molecule has 0 fully saturated rings. The lowest BCUT2D eigenvalue weighted by molar-refractivity contribution is -0.119. The molecule has 0 saturated heterocycles. The number of benzene rings is 1. The minimum atomic E-state index is -0.782. The first kappa shape index (κ1) is 13.0. The second kappa shape index (κ2) is 4.82. The molecular weight excluding hydrogens is 274 g/mol. The van der Waals surface area contributed by atoms with E-state index in [2.05, 4.69) is 5.32 Å². The van der Waals surface area contributed by atoms with E-state index in [1.807, 2.05) is 0 Å². The maximum Gasteiger partial charge on any atom is 0.287 e. The maximum absolute atomic E-state index is 12.4. The van der Waals surface area contributed by atoms with E-state index in [0.29, 0.717) is 5.56 Å². The number of hydrogen-bond acceptors (Lipinski definition) is 5. The van der Waals surface area contributed by atoms with Crippen LogP contribution in [0.3, 0.4) is 0 Å². The number of aliphatic hydroxyl groups is 1. The SMILES string of the molecule is O=C1N[C@H](c2ccc(O)cc2)C(C(=O)c2ccco2)=C1O. The molecule has 6 heteroatoms. The van der Waals surface area contributed by atoms with Gasteiger partial charge in [0.1, 0.15) is 5.75 Å².